The summed E-state index contributed by atoms with van der Waals surface area (Å²) in [6.07, 6.45) is -6.45. The Morgan fingerprint density at radius 2 is 1.93 bits per heavy atom. The van der Waals surface area contributed by atoms with Crippen LogP contribution in [-0.4, -0.2) is 25.2 Å². The number of carboxylic acids is 1. The van der Waals surface area contributed by atoms with Crippen molar-refractivity contribution in [2.45, 2.75) is 31.8 Å². The second kappa shape index (κ2) is 6.64. The van der Waals surface area contributed by atoms with Crippen LogP contribution >= 0.6 is 0 Å². The lowest BCUT2D eigenvalue weighted by atomic mass is 10.2. The molecule has 0 amide bonds. The molecule has 0 spiro atoms. The van der Waals surface area contributed by atoms with Gasteiger partial charge in [0.1, 0.15) is 5.97 Å². The lowest BCUT2D eigenvalue weighted by Gasteiger charge is -2.03. The molecule has 4 unspecified atom stereocenters. The van der Waals surface area contributed by atoms with Crippen LogP contribution in [0, 0.1) is 0 Å². The third kappa shape index (κ3) is 7.85. The van der Waals surface area contributed by atoms with Gasteiger partial charge in [-0.1, -0.05) is 0 Å². The highest BCUT2D eigenvalue weighted by molar-refractivity contribution is 5.70. The molecule has 0 aliphatic carbocycles. The minimum atomic E-state index is -5.19. The Kier molecular flexibility index (Phi) is 3.56. The molecule has 1 fully saturated rings. The summed E-state index contributed by atoms with van der Waals surface area (Å²) in [4.78, 5) is 8.78. The lowest BCUT2D eigenvalue weighted by molar-refractivity contribution is -0.653. The first kappa shape index (κ1) is 7.50. The first-order chi connectivity index (χ1) is 8.07. The van der Waals surface area contributed by atoms with Crippen LogP contribution in [0.2, 0.25) is 0 Å². The van der Waals surface area contributed by atoms with Gasteiger partial charge in [0, 0.05) is 4.11 Å². The predicted molar refractivity (Wildman–Crippen MR) is 41.2 cm³/mol. The van der Waals surface area contributed by atoms with Gasteiger partial charge in [-0.3, -0.25) is 0 Å². The first-order valence-corrected chi connectivity index (χ1v) is 3.88. The van der Waals surface area contributed by atoms with E-state index in [2.05, 4.69) is 0 Å². The Bertz CT molecular complexity index is 266. The number of hydrogen-bond acceptors (Lipinski definition) is 2. The SMILES string of the molecule is O=C([O-])C(F)(F)F.[2H]C1CC[NH2+]C([2H])C([2H])C1[2H]. The Morgan fingerprint density at radius 1 is 1.36 bits per heavy atom. The van der Waals surface area contributed by atoms with Gasteiger partial charge in [-0.05, 0) is 25.6 Å². The molecule has 6 heteroatoms. The molecule has 84 valence electrons. The quantitative estimate of drug-likeness (QED) is 0.590. The number of carboxylic acid groups (broad SMARTS) is 1. The van der Waals surface area contributed by atoms with Gasteiger partial charge in [-0.15, -0.1) is 0 Å². The summed E-state index contributed by atoms with van der Waals surface area (Å²) in [5.74, 6) is -3.01. The van der Waals surface area contributed by atoms with Crippen LogP contribution in [0.25, 0.3) is 0 Å². The van der Waals surface area contributed by atoms with Crippen LogP contribution in [0.1, 0.15) is 31.1 Å². The number of hydrogen-bond donors (Lipinski definition) is 1. The maximum absolute atomic E-state index is 10.5. The van der Waals surface area contributed by atoms with Crippen molar-refractivity contribution in [1.82, 2.24) is 0 Å². The summed E-state index contributed by atoms with van der Waals surface area (Å²) in [7, 11) is 0. The zero-order valence-electron chi connectivity index (χ0n) is 11.3. The van der Waals surface area contributed by atoms with Crippen molar-refractivity contribution in [3.8, 4) is 0 Å². The third-order valence-corrected chi connectivity index (χ3v) is 1.23. The smallest absolute Gasteiger partial charge is 0.430 e. The molecule has 0 bridgehead atoms. The average molecular weight is 217 g/mol. The number of rotatable bonds is 0. The molecule has 0 radical (unpaired) electrons. The van der Waals surface area contributed by atoms with E-state index in [0.29, 0.717) is 13.0 Å². The number of halogens is 3. The van der Waals surface area contributed by atoms with E-state index in [4.69, 9.17) is 15.4 Å². The molecule has 0 aromatic heterocycles. The summed E-state index contributed by atoms with van der Waals surface area (Å²) in [6, 6.07) is 0. The molecule has 14 heavy (non-hydrogen) atoms. The van der Waals surface area contributed by atoms with Gasteiger partial charge < -0.3 is 15.2 Å². The third-order valence-electron chi connectivity index (χ3n) is 1.23. The summed E-state index contributed by atoms with van der Waals surface area (Å²) < 4.78 is 61.2. The molecule has 1 rings (SSSR count). The van der Waals surface area contributed by atoms with E-state index in [1.165, 1.54) is 0 Å². The molecule has 1 aliphatic heterocycles. The van der Waals surface area contributed by atoms with E-state index in [1.807, 2.05) is 0 Å². The molecule has 1 heterocycles. The second-order valence-electron chi connectivity index (χ2n) is 2.41. The highest BCUT2D eigenvalue weighted by Gasteiger charge is 2.28. The highest BCUT2D eigenvalue weighted by atomic mass is 19.4. The van der Waals surface area contributed by atoms with Crippen LogP contribution < -0.4 is 10.4 Å². The van der Waals surface area contributed by atoms with Crippen molar-refractivity contribution in [3.05, 3.63) is 0 Å². The summed E-state index contributed by atoms with van der Waals surface area (Å²) >= 11 is 0. The largest absolute Gasteiger partial charge is 0.542 e. The Labute approximate surface area is 85.9 Å². The number of quaternary nitrogens is 1. The van der Waals surface area contributed by atoms with Gasteiger partial charge in [0.25, 0.3) is 0 Å². The van der Waals surface area contributed by atoms with Crippen LogP contribution in [0.4, 0.5) is 13.2 Å². The highest BCUT2D eigenvalue weighted by Crippen LogP contribution is 2.11. The van der Waals surface area contributed by atoms with Crippen molar-refractivity contribution in [3.63, 3.8) is 0 Å². The predicted octanol–water partition coefficient (Wildman–Crippen LogP) is -0.578. The van der Waals surface area contributed by atoms with E-state index in [9.17, 15) is 13.2 Å². The van der Waals surface area contributed by atoms with Crippen molar-refractivity contribution in [2.24, 2.45) is 0 Å². The number of nitrogens with two attached hydrogens (primary N) is 1. The molecule has 0 aromatic rings. The number of carbonyl (C=O) groups excluding carboxylic acids is 1. The van der Waals surface area contributed by atoms with Crippen LogP contribution in [0.3, 0.4) is 0 Å². The maximum atomic E-state index is 10.5. The van der Waals surface area contributed by atoms with Gasteiger partial charge >= 0.3 is 6.18 Å². The molecular weight excluding hydrogens is 199 g/mol. The molecular formula is C8H14F3NO2. The van der Waals surface area contributed by atoms with E-state index >= 15 is 0 Å². The molecule has 0 aromatic carbocycles. The van der Waals surface area contributed by atoms with E-state index in [-0.39, 0.29) is 0 Å². The molecule has 1 saturated heterocycles. The van der Waals surface area contributed by atoms with Crippen molar-refractivity contribution in [2.75, 3.05) is 13.1 Å². The van der Waals surface area contributed by atoms with Gasteiger partial charge in [0.15, 0.2) is 0 Å². The molecule has 3 nitrogen and oxygen atoms in total. The Hall–Kier alpha value is -0.780. The summed E-state index contributed by atoms with van der Waals surface area (Å²) in [5.41, 5.74) is 0. The Balaban J connectivity index is 0.000000360. The minimum Gasteiger partial charge on any atom is -0.542 e. The monoisotopic (exact) mass is 217 g/mol. The van der Waals surface area contributed by atoms with Crippen LogP contribution in [0.5, 0.6) is 0 Å². The van der Waals surface area contributed by atoms with E-state index < -0.39 is 37.9 Å². The van der Waals surface area contributed by atoms with E-state index in [1.54, 1.807) is 5.32 Å². The molecule has 0 saturated carbocycles. The second-order valence-corrected chi connectivity index (χ2v) is 2.41. The minimum absolute atomic E-state index is 0.468. The Morgan fingerprint density at radius 3 is 2.43 bits per heavy atom. The first-order valence-electron chi connectivity index (χ1n) is 6.18. The van der Waals surface area contributed by atoms with Gasteiger partial charge in [-0.25, -0.2) is 0 Å². The fourth-order valence-corrected chi connectivity index (χ4v) is 0.606. The number of aliphatic carboxylic acids is 1. The summed E-state index contributed by atoms with van der Waals surface area (Å²) in [6.45, 7) is 0.153. The zero-order valence-corrected chi connectivity index (χ0v) is 7.25. The van der Waals surface area contributed by atoms with Crippen LogP contribution in [-0.2, 0) is 4.79 Å². The fourth-order valence-electron chi connectivity index (χ4n) is 0.606. The molecule has 4 atom stereocenters. The summed E-state index contributed by atoms with van der Waals surface area (Å²) in [5, 5.41) is 10.5. The number of carbonyl (C=O) groups is 1. The zero-order chi connectivity index (χ0) is 14.5. The lowest BCUT2D eigenvalue weighted by Crippen LogP contribution is -2.83. The topological polar surface area (TPSA) is 56.7 Å². The number of alkyl halides is 3. The van der Waals surface area contributed by atoms with Gasteiger partial charge in [-0.2, -0.15) is 13.2 Å². The average Bonchev–Trinajstić information content (AvgIpc) is 2.34. The van der Waals surface area contributed by atoms with Crippen molar-refractivity contribution >= 4 is 5.97 Å². The van der Waals surface area contributed by atoms with Crippen molar-refractivity contribution < 1.29 is 33.9 Å². The standard InChI is InChI=1S/C6H13N.C2HF3O2/c1-2-4-6-7-5-3-1;3-2(4,5)1(6)7/h7H,1-6H2;(H,6,7)/i1D,2D,3D,5D;. The van der Waals surface area contributed by atoms with Gasteiger partial charge in [0.05, 0.1) is 14.4 Å². The molecule has 2 N–H and O–H groups in total. The fraction of sp³-hybridized carbons (Fsp3) is 0.875. The van der Waals surface area contributed by atoms with Gasteiger partial charge in [0.2, 0.25) is 0 Å². The molecule has 1 aliphatic rings. The van der Waals surface area contributed by atoms with Crippen LogP contribution in [0.15, 0.2) is 0 Å². The normalized spacial score (nSPS) is 42.8. The maximum Gasteiger partial charge on any atom is 0.430 e. The van der Waals surface area contributed by atoms with Crippen molar-refractivity contribution in [1.29, 1.82) is 0 Å². The van der Waals surface area contributed by atoms with E-state index in [0.717, 1.165) is 0 Å².